The maximum atomic E-state index is 4.39. The van der Waals surface area contributed by atoms with E-state index >= 15 is 0 Å². The molecule has 2 saturated heterocycles. The van der Waals surface area contributed by atoms with Crippen molar-refractivity contribution in [1.82, 2.24) is 15.2 Å². The third-order valence-electron chi connectivity index (χ3n) is 4.81. The number of nitrogens with one attached hydrogen (secondary N) is 1. The Morgan fingerprint density at radius 3 is 2.84 bits per heavy atom. The Labute approximate surface area is 116 Å². The number of rotatable bonds is 3. The molecule has 104 valence electrons. The van der Waals surface area contributed by atoms with E-state index in [0.29, 0.717) is 0 Å². The monoisotopic (exact) mass is 259 g/mol. The molecule has 3 heteroatoms. The van der Waals surface area contributed by atoms with Gasteiger partial charge < -0.3 is 5.32 Å². The number of piperidine rings is 1. The normalized spacial score (nSPS) is 25.8. The van der Waals surface area contributed by atoms with Crippen LogP contribution >= 0.6 is 0 Å². The largest absolute Gasteiger partial charge is 0.314 e. The van der Waals surface area contributed by atoms with Crippen LogP contribution in [0.2, 0.25) is 0 Å². The Morgan fingerprint density at radius 2 is 2.16 bits per heavy atom. The first-order chi connectivity index (χ1) is 9.33. The number of hydrogen-bond donors (Lipinski definition) is 1. The van der Waals surface area contributed by atoms with Crippen molar-refractivity contribution in [2.75, 3.05) is 19.6 Å². The van der Waals surface area contributed by atoms with Gasteiger partial charge in [0.2, 0.25) is 0 Å². The van der Waals surface area contributed by atoms with Crippen molar-refractivity contribution in [3.8, 4) is 0 Å². The lowest BCUT2D eigenvalue weighted by Crippen LogP contribution is -2.40. The molecule has 1 atom stereocenters. The molecule has 1 aromatic heterocycles. The van der Waals surface area contributed by atoms with Crippen molar-refractivity contribution in [2.24, 2.45) is 5.92 Å². The van der Waals surface area contributed by atoms with Crippen LogP contribution in [0, 0.1) is 12.8 Å². The van der Waals surface area contributed by atoms with Crippen molar-refractivity contribution in [3.05, 3.63) is 29.6 Å². The Bertz CT molecular complexity index is 404. The van der Waals surface area contributed by atoms with Gasteiger partial charge in [-0.05, 0) is 69.8 Å². The van der Waals surface area contributed by atoms with Crippen molar-refractivity contribution < 1.29 is 0 Å². The van der Waals surface area contributed by atoms with Gasteiger partial charge in [0.25, 0.3) is 0 Å². The van der Waals surface area contributed by atoms with E-state index in [4.69, 9.17) is 0 Å². The smallest absolute Gasteiger partial charge is 0.0417 e. The molecule has 1 unspecified atom stereocenters. The van der Waals surface area contributed by atoms with Gasteiger partial charge in [-0.15, -0.1) is 0 Å². The highest BCUT2D eigenvalue weighted by atomic mass is 15.1. The van der Waals surface area contributed by atoms with Gasteiger partial charge in [0.15, 0.2) is 0 Å². The number of aryl methyl sites for hydroxylation is 1. The SMILES string of the molecule is Cc1ncccc1CN1CCC(C2CCCN2)CC1. The minimum absolute atomic E-state index is 0.808. The maximum Gasteiger partial charge on any atom is 0.0417 e. The molecular formula is C16H25N3. The van der Waals surface area contributed by atoms with E-state index in [9.17, 15) is 0 Å². The van der Waals surface area contributed by atoms with Crippen molar-refractivity contribution in [1.29, 1.82) is 0 Å². The predicted molar refractivity (Wildman–Crippen MR) is 78.0 cm³/mol. The van der Waals surface area contributed by atoms with Gasteiger partial charge in [0.05, 0.1) is 0 Å². The second-order valence-corrected chi connectivity index (χ2v) is 6.06. The molecular weight excluding hydrogens is 234 g/mol. The fraction of sp³-hybridized carbons (Fsp3) is 0.688. The highest BCUT2D eigenvalue weighted by Gasteiger charge is 2.28. The highest BCUT2D eigenvalue weighted by molar-refractivity contribution is 5.18. The zero-order valence-electron chi connectivity index (χ0n) is 11.9. The number of nitrogens with zero attached hydrogens (tertiary/aromatic N) is 2. The van der Waals surface area contributed by atoms with Gasteiger partial charge in [0.1, 0.15) is 0 Å². The Morgan fingerprint density at radius 1 is 1.32 bits per heavy atom. The van der Waals surface area contributed by atoms with Crippen LogP contribution in [0.5, 0.6) is 0 Å². The molecule has 0 bridgehead atoms. The summed E-state index contributed by atoms with van der Waals surface area (Å²) in [5.41, 5.74) is 2.57. The first-order valence-corrected chi connectivity index (χ1v) is 7.69. The minimum Gasteiger partial charge on any atom is -0.314 e. The molecule has 19 heavy (non-hydrogen) atoms. The molecule has 2 aliphatic heterocycles. The first kappa shape index (κ1) is 13.1. The molecule has 0 aromatic carbocycles. The molecule has 0 saturated carbocycles. The summed E-state index contributed by atoms with van der Waals surface area (Å²) < 4.78 is 0. The molecule has 2 aliphatic rings. The van der Waals surface area contributed by atoms with E-state index in [2.05, 4.69) is 34.3 Å². The van der Waals surface area contributed by atoms with Crippen LogP contribution in [-0.2, 0) is 6.54 Å². The molecule has 3 heterocycles. The molecule has 0 radical (unpaired) electrons. The summed E-state index contributed by atoms with van der Waals surface area (Å²) in [6.45, 7) is 6.92. The molecule has 2 fully saturated rings. The number of hydrogen-bond acceptors (Lipinski definition) is 3. The average molecular weight is 259 g/mol. The summed E-state index contributed by atoms with van der Waals surface area (Å²) in [7, 11) is 0. The second-order valence-electron chi connectivity index (χ2n) is 6.06. The van der Waals surface area contributed by atoms with E-state index in [1.807, 2.05) is 6.20 Å². The lowest BCUT2D eigenvalue weighted by atomic mass is 9.88. The van der Waals surface area contributed by atoms with Crippen molar-refractivity contribution >= 4 is 0 Å². The zero-order chi connectivity index (χ0) is 13.1. The topological polar surface area (TPSA) is 28.2 Å². The van der Waals surface area contributed by atoms with Crippen LogP contribution in [0.15, 0.2) is 18.3 Å². The fourth-order valence-electron chi connectivity index (χ4n) is 3.55. The first-order valence-electron chi connectivity index (χ1n) is 7.69. The Hall–Kier alpha value is -0.930. The van der Waals surface area contributed by atoms with Crippen LogP contribution in [0.4, 0.5) is 0 Å². The Kier molecular flexibility index (Phi) is 4.14. The lowest BCUT2D eigenvalue weighted by molar-refractivity contribution is 0.157. The summed E-state index contributed by atoms with van der Waals surface area (Å²) >= 11 is 0. The summed E-state index contributed by atoms with van der Waals surface area (Å²) in [6.07, 6.45) is 7.37. The van der Waals surface area contributed by atoms with Crippen LogP contribution in [0.25, 0.3) is 0 Å². The minimum atomic E-state index is 0.808. The van der Waals surface area contributed by atoms with Gasteiger partial charge in [0, 0.05) is 24.5 Å². The third kappa shape index (κ3) is 3.15. The van der Waals surface area contributed by atoms with E-state index in [0.717, 1.165) is 18.5 Å². The van der Waals surface area contributed by atoms with Gasteiger partial charge in [-0.1, -0.05) is 6.07 Å². The fourth-order valence-corrected chi connectivity index (χ4v) is 3.55. The van der Waals surface area contributed by atoms with Gasteiger partial charge in [-0.2, -0.15) is 0 Å². The number of likely N-dealkylation sites (tertiary alicyclic amines) is 1. The van der Waals surface area contributed by atoms with Crippen LogP contribution < -0.4 is 5.32 Å². The van der Waals surface area contributed by atoms with E-state index < -0.39 is 0 Å². The predicted octanol–water partition coefficient (Wildman–Crippen LogP) is 2.35. The Balaban J connectivity index is 1.51. The summed E-state index contributed by atoms with van der Waals surface area (Å²) in [4.78, 5) is 6.98. The molecule has 0 amide bonds. The molecule has 3 nitrogen and oxygen atoms in total. The zero-order valence-corrected chi connectivity index (χ0v) is 11.9. The van der Waals surface area contributed by atoms with Crippen LogP contribution in [0.3, 0.4) is 0 Å². The molecule has 1 aromatic rings. The highest BCUT2D eigenvalue weighted by Crippen LogP contribution is 2.26. The quantitative estimate of drug-likeness (QED) is 0.903. The average Bonchev–Trinajstić information content (AvgIpc) is 2.96. The van der Waals surface area contributed by atoms with E-state index in [1.54, 1.807) is 0 Å². The van der Waals surface area contributed by atoms with Crippen molar-refractivity contribution in [2.45, 2.75) is 45.2 Å². The number of aromatic nitrogens is 1. The molecule has 0 spiro atoms. The molecule has 1 N–H and O–H groups in total. The van der Waals surface area contributed by atoms with E-state index in [-0.39, 0.29) is 0 Å². The number of pyridine rings is 1. The maximum absolute atomic E-state index is 4.39. The summed E-state index contributed by atoms with van der Waals surface area (Å²) in [5.74, 6) is 0.911. The van der Waals surface area contributed by atoms with Gasteiger partial charge >= 0.3 is 0 Å². The summed E-state index contributed by atoms with van der Waals surface area (Å²) in [6, 6.07) is 5.08. The summed E-state index contributed by atoms with van der Waals surface area (Å²) in [5, 5.41) is 3.67. The van der Waals surface area contributed by atoms with E-state index in [1.165, 1.54) is 56.6 Å². The van der Waals surface area contributed by atoms with Gasteiger partial charge in [-0.3, -0.25) is 9.88 Å². The van der Waals surface area contributed by atoms with Crippen molar-refractivity contribution in [3.63, 3.8) is 0 Å². The molecule has 3 rings (SSSR count). The van der Waals surface area contributed by atoms with Crippen LogP contribution in [0.1, 0.15) is 36.9 Å². The second kappa shape index (κ2) is 6.02. The lowest BCUT2D eigenvalue weighted by Gasteiger charge is -2.35. The van der Waals surface area contributed by atoms with Crippen LogP contribution in [-0.4, -0.2) is 35.6 Å². The van der Waals surface area contributed by atoms with Gasteiger partial charge in [-0.25, -0.2) is 0 Å². The standard InChI is InChI=1S/C16H25N3/c1-13-15(4-2-8-17-13)12-19-10-6-14(7-11-19)16-5-3-9-18-16/h2,4,8,14,16,18H,3,5-7,9-12H2,1H3. The molecule has 0 aliphatic carbocycles. The third-order valence-corrected chi connectivity index (χ3v) is 4.81.